The molecule has 1 aromatic carbocycles. The zero-order chi connectivity index (χ0) is 22.6. The summed E-state index contributed by atoms with van der Waals surface area (Å²) in [6, 6.07) is 5.04. The molecule has 4 rings (SSSR count). The maximum atomic E-state index is 12.9. The smallest absolute Gasteiger partial charge is 0.338 e. The molecule has 31 heavy (non-hydrogen) atoms. The first kappa shape index (κ1) is 21.5. The van der Waals surface area contributed by atoms with Gasteiger partial charge in [0.1, 0.15) is 18.3 Å². The normalized spacial score (nSPS) is 36.6. The van der Waals surface area contributed by atoms with Gasteiger partial charge in [0.05, 0.1) is 16.1 Å². The van der Waals surface area contributed by atoms with Crippen molar-refractivity contribution in [1.29, 1.82) is 0 Å². The van der Waals surface area contributed by atoms with E-state index in [4.69, 9.17) is 9.47 Å². The number of ether oxygens (including phenoxy) is 2. The van der Waals surface area contributed by atoms with Crippen LogP contribution < -0.4 is 0 Å². The van der Waals surface area contributed by atoms with Crippen LogP contribution >= 0.6 is 0 Å². The molecule has 166 valence electrons. The van der Waals surface area contributed by atoms with E-state index in [9.17, 15) is 29.9 Å². The zero-order valence-corrected chi connectivity index (χ0v) is 17.4. The van der Waals surface area contributed by atoms with Crippen LogP contribution in [0, 0.1) is 26.9 Å². The average Bonchev–Trinajstić information content (AvgIpc) is 3.04. The second-order valence-corrected chi connectivity index (χ2v) is 9.25. The number of rotatable bonds is 4. The molecule has 1 aliphatic heterocycles. The first-order chi connectivity index (χ1) is 14.6. The first-order valence-corrected chi connectivity index (χ1v) is 10.2. The lowest BCUT2D eigenvalue weighted by atomic mass is 9.46. The third kappa shape index (κ3) is 3.06. The van der Waals surface area contributed by atoms with Crippen LogP contribution in [0.1, 0.15) is 43.5 Å². The molecule has 1 heterocycles. The van der Waals surface area contributed by atoms with Crippen molar-refractivity contribution in [2.75, 3.05) is 13.2 Å². The molecule has 0 amide bonds. The number of nitro benzene ring substituents is 1. The lowest BCUT2D eigenvalue weighted by Gasteiger charge is -2.60. The Morgan fingerprint density at radius 3 is 2.58 bits per heavy atom. The molecule has 1 aromatic rings. The molecule has 5 atom stereocenters. The summed E-state index contributed by atoms with van der Waals surface area (Å²) in [5, 5.41) is 32.6. The molecule has 2 N–H and O–H groups in total. The average molecular weight is 431 g/mol. The number of fused-ring (bicyclic) bond motifs is 3. The topological polar surface area (TPSA) is 136 Å². The molecule has 1 unspecified atom stereocenters. The summed E-state index contributed by atoms with van der Waals surface area (Å²) >= 11 is 0. The van der Waals surface area contributed by atoms with Gasteiger partial charge in [-0.3, -0.25) is 10.1 Å². The summed E-state index contributed by atoms with van der Waals surface area (Å²) in [6.45, 7) is 3.40. The fourth-order valence-electron chi connectivity index (χ4n) is 5.79. The summed E-state index contributed by atoms with van der Waals surface area (Å²) in [7, 11) is 0. The highest BCUT2D eigenvalue weighted by Gasteiger charge is 2.68. The predicted octanol–water partition coefficient (Wildman–Crippen LogP) is 2.15. The van der Waals surface area contributed by atoms with Gasteiger partial charge in [0.25, 0.3) is 5.69 Å². The second-order valence-electron chi connectivity index (χ2n) is 9.25. The van der Waals surface area contributed by atoms with Crippen LogP contribution in [0.5, 0.6) is 0 Å². The highest BCUT2D eigenvalue weighted by molar-refractivity contribution is 5.94. The lowest BCUT2D eigenvalue weighted by molar-refractivity contribution is -0.384. The molecule has 0 aromatic heterocycles. The van der Waals surface area contributed by atoms with E-state index in [1.807, 2.05) is 13.8 Å². The molecule has 0 bridgehead atoms. The number of nitro groups is 1. The fourth-order valence-corrected chi connectivity index (χ4v) is 5.79. The number of carbonyl (C=O) groups excluding carboxylic acids is 2. The number of cyclic esters (lactones) is 1. The molecule has 2 aliphatic carbocycles. The Morgan fingerprint density at radius 2 is 1.97 bits per heavy atom. The highest BCUT2D eigenvalue weighted by Crippen LogP contribution is 2.63. The standard InChI is InChI=1S/C22H25NO8/c1-20(11-24)8-3-9-21(2)17(20)16(10-15-19(26)30-12-22(15,21)27)31-18(25)13-4-6-14(7-5-13)23(28)29/h4-7,10,16-17,24,27H,3,8-9,11-12H2,1-2H3/t16-,17?,20-,21+,22-/m1/s1. The van der Waals surface area contributed by atoms with Gasteiger partial charge in [-0.2, -0.15) is 0 Å². The number of aliphatic hydroxyl groups excluding tert-OH is 1. The van der Waals surface area contributed by atoms with Gasteiger partial charge in [-0.15, -0.1) is 0 Å². The molecule has 9 nitrogen and oxygen atoms in total. The van der Waals surface area contributed by atoms with Crippen LogP contribution in [0.3, 0.4) is 0 Å². The minimum atomic E-state index is -1.53. The van der Waals surface area contributed by atoms with E-state index in [-0.39, 0.29) is 30.0 Å². The third-order valence-electron chi connectivity index (χ3n) is 7.48. The highest BCUT2D eigenvalue weighted by atomic mass is 16.6. The fraction of sp³-hybridized carbons (Fsp3) is 0.545. The Balaban J connectivity index is 1.74. The number of hydrogen-bond acceptors (Lipinski definition) is 8. The SMILES string of the molecule is C[C@]1(CO)CCC[C@@]2(C)C1[C@H](OC(=O)c1ccc([N+](=O)[O-])cc1)C=C1C(=O)OC[C@@]12O. The van der Waals surface area contributed by atoms with Gasteiger partial charge in [0, 0.05) is 30.1 Å². The van der Waals surface area contributed by atoms with Crippen LogP contribution in [0.25, 0.3) is 0 Å². The van der Waals surface area contributed by atoms with Crippen LogP contribution in [-0.2, 0) is 14.3 Å². The monoisotopic (exact) mass is 431 g/mol. The van der Waals surface area contributed by atoms with Crippen molar-refractivity contribution in [2.24, 2.45) is 16.7 Å². The van der Waals surface area contributed by atoms with Crippen molar-refractivity contribution in [3.63, 3.8) is 0 Å². The van der Waals surface area contributed by atoms with Crippen molar-refractivity contribution in [1.82, 2.24) is 0 Å². The van der Waals surface area contributed by atoms with E-state index in [0.29, 0.717) is 12.8 Å². The molecule has 0 radical (unpaired) electrons. The Labute approximate surface area is 178 Å². The Bertz CT molecular complexity index is 972. The molecular formula is C22H25NO8. The van der Waals surface area contributed by atoms with Gasteiger partial charge < -0.3 is 19.7 Å². The molecule has 2 fully saturated rings. The van der Waals surface area contributed by atoms with Crippen LogP contribution in [0.2, 0.25) is 0 Å². The second kappa shape index (κ2) is 7.13. The minimum Gasteiger partial charge on any atom is -0.459 e. The molecular weight excluding hydrogens is 406 g/mol. The number of non-ortho nitro benzene ring substituents is 1. The Kier molecular flexibility index (Phi) is 4.94. The minimum absolute atomic E-state index is 0.0786. The third-order valence-corrected chi connectivity index (χ3v) is 7.48. The molecule has 0 spiro atoms. The summed E-state index contributed by atoms with van der Waals surface area (Å²) in [4.78, 5) is 35.5. The van der Waals surface area contributed by atoms with Gasteiger partial charge in [-0.05, 0) is 36.5 Å². The first-order valence-electron chi connectivity index (χ1n) is 10.2. The summed E-state index contributed by atoms with van der Waals surface area (Å²) < 4.78 is 11.0. The van der Waals surface area contributed by atoms with Crippen molar-refractivity contribution in [3.05, 3.63) is 51.6 Å². The van der Waals surface area contributed by atoms with E-state index in [0.717, 1.165) is 6.42 Å². The van der Waals surface area contributed by atoms with E-state index in [2.05, 4.69) is 0 Å². The van der Waals surface area contributed by atoms with Crippen LogP contribution in [0.4, 0.5) is 5.69 Å². The molecule has 3 aliphatic rings. The molecule has 1 saturated heterocycles. The van der Waals surface area contributed by atoms with Crippen molar-refractivity contribution in [3.8, 4) is 0 Å². The number of esters is 2. The van der Waals surface area contributed by atoms with Crippen molar-refractivity contribution >= 4 is 17.6 Å². The van der Waals surface area contributed by atoms with Crippen LogP contribution in [-0.4, -0.2) is 52.0 Å². The van der Waals surface area contributed by atoms with Gasteiger partial charge in [-0.25, -0.2) is 9.59 Å². The molecule has 9 heteroatoms. The van der Waals surface area contributed by atoms with Crippen LogP contribution in [0.15, 0.2) is 35.9 Å². The Hall–Kier alpha value is -2.78. The van der Waals surface area contributed by atoms with E-state index in [1.54, 1.807) is 0 Å². The summed E-state index contributed by atoms with van der Waals surface area (Å²) in [5.74, 6) is -1.82. The van der Waals surface area contributed by atoms with Gasteiger partial charge in [0.15, 0.2) is 0 Å². The van der Waals surface area contributed by atoms with Gasteiger partial charge in [0.2, 0.25) is 0 Å². The summed E-state index contributed by atoms with van der Waals surface area (Å²) in [6.07, 6.45) is 2.54. The van der Waals surface area contributed by atoms with Crippen molar-refractivity contribution < 1.29 is 34.2 Å². The Morgan fingerprint density at radius 1 is 1.29 bits per heavy atom. The number of benzene rings is 1. The zero-order valence-electron chi connectivity index (χ0n) is 17.4. The maximum absolute atomic E-state index is 12.9. The largest absolute Gasteiger partial charge is 0.459 e. The molecule has 1 saturated carbocycles. The van der Waals surface area contributed by atoms with E-state index < -0.39 is 45.3 Å². The van der Waals surface area contributed by atoms with Gasteiger partial charge in [-0.1, -0.05) is 20.3 Å². The quantitative estimate of drug-likeness (QED) is 0.420. The number of nitrogens with zero attached hydrogens (tertiary/aromatic N) is 1. The number of hydrogen-bond donors (Lipinski definition) is 2. The number of carbonyl (C=O) groups is 2. The lowest BCUT2D eigenvalue weighted by Crippen LogP contribution is -2.65. The maximum Gasteiger partial charge on any atom is 0.338 e. The number of aliphatic hydroxyl groups is 2. The summed E-state index contributed by atoms with van der Waals surface area (Å²) in [5.41, 5.74) is -2.99. The van der Waals surface area contributed by atoms with E-state index >= 15 is 0 Å². The van der Waals surface area contributed by atoms with E-state index in [1.165, 1.54) is 30.3 Å². The van der Waals surface area contributed by atoms with Gasteiger partial charge >= 0.3 is 11.9 Å². The predicted molar refractivity (Wildman–Crippen MR) is 107 cm³/mol. The van der Waals surface area contributed by atoms with Crippen molar-refractivity contribution in [2.45, 2.75) is 44.8 Å².